The molecule has 19 heavy (non-hydrogen) atoms. The third kappa shape index (κ3) is 3.61. The molecule has 0 amide bonds. The molecule has 1 heterocycles. The molecule has 1 unspecified atom stereocenters. The monoisotopic (exact) mass is 339 g/mol. The van der Waals surface area contributed by atoms with E-state index in [0.717, 1.165) is 16.8 Å². The number of nitrogens with one attached hydrogen (secondary N) is 1. The third-order valence-corrected chi connectivity index (χ3v) is 5.12. The summed E-state index contributed by atoms with van der Waals surface area (Å²) in [7, 11) is 2.00. The van der Waals surface area contributed by atoms with Crippen LogP contribution in [0.4, 0.5) is 0 Å². The van der Waals surface area contributed by atoms with E-state index in [9.17, 15) is 0 Å². The highest BCUT2D eigenvalue weighted by molar-refractivity contribution is 9.10. The summed E-state index contributed by atoms with van der Waals surface area (Å²) in [6, 6.07) is 10.7. The van der Waals surface area contributed by atoms with Crippen LogP contribution in [0, 0.1) is 0 Å². The van der Waals surface area contributed by atoms with Gasteiger partial charge in [0.05, 0.1) is 11.7 Å². The van der Waals surface area contributed by atoms with Crippen LogP contribution in [-0.2, 0) is 6.54 Å². The molecule has 1 aromatic heterocycles. The molecule has 2 rings (SSSR count). The Bertz CT molecular complexity index is 527. The molecule has 0 spiro atoms. The second-order valence-electron chi connectivity index (χ2n) is 4.15. The Morgan fingerprint density at radius 1 is 1.37 bits per heavy atom. The van der Waals surface area contributed by atoms with Gasteiger partial charge in [-0.1, -0.05) is 12.1 Å². The van der Waals surface area contributed by atoms with Crippen LogP contribution in [0.1, 0.15) is 18.7 Å². The Balaban J connectivity index is 2.06. The van der Waals surface area contributed by atoms with E-state index in [1.165, 1.54) is 10.6 Å². The summed E-state index contributed by atoms with van der Waals surface area (Å²) in [6.45, 7) is 3.02. The zero-order valence-corrected chi connectivity index (χ0v) is 13.5. The first-order chi connectivity index (χ1) is 9.26. The van der Waals surface area contributed by atoms with Gasteiger partial charge in [-0.25, -0.2) is 0 Å². The molecule has 1 N–H and O–H groups in total. The van der Waals surface area contributed by atoms with Crippen molar-refractivity contribution in [2.75, 3.05) is 12.8 Å². The molecule has 0 saturated heterocycles. The molecule has 102 valence electrons. The zero-order chi connectivity index (χ0) is 13.7. The Morgan fingerprint density at radius 3 is 2.84 bits per heavy atom. The van der Waals surface area contributed by atoms with E-state index in [1.807, 2.05) is 35.8 Å². The fraction of sp³-hybridized carbons (Fsp3) is 0.357. The van der Waals surface area contributed by atoms with Gasteiger partial charge >= 0.3 is 0 Å². The minimum Gasteiger partial charge on any atom is -0.311 e. The molecule has 0 aliphatic carbocycles. The van der Waals surface area contributed by atoms with E-state index in [0.29, 0.717) is 6.04 Å². The smallest absolute Gasteiger partial charge is 0.0584 e. The highest BCUT2D eigenvalue weighted by Gasteiger charge is 2.14. The quantitative estimate of drug-likeness (QED) is 0.813. The number of halogens is 1. The van der Waals surface area contributed by atoms with E-state index in [4.69, 9.17) is 0 Å². The normalized spacial score (nSPS) is 12.6. The average Bonchev–Trinajstić information content (AvgIpc) is 2.90. The van der Waals surface area contributed by atoms with Crippen LogP contribution in [-0.4, -0.2) is 22.6 Å². The first-order valence-electron chi connectivity index (χ1n) is 6.32. The predicted molar refractivity (Wildman–Crippen MR) is 84.6 cm³/mol. The van der Waals surface area contributed by atoms with Crippen LogP contribution in [0.2, 0.25) is 0 Å². The summed E-state index contributed by atoms with van der Waals surface area (Å²) in [6.07, 6.45) is 1.87. The standard InChI is InChI=1S/C14H18BrN3S/c1-3-18-13(8-9-17-18)12(16-2)10-19-14-7-5-4-6-11(14)15/h4-9,12,16H,3,10H2,1-2H3. The fourth-order valence-corrected chi connectivity index (χ4v) is 3.65. The Morgan fingerprint density at radius 2 is 2.16 bits per heavy atom. The highest BCUT2D eigenvalue weighted by Crippen LogP contribution is 2.30. The van der Waals surface area contributed by atoms with Gasteiger partial charge in [-0.3, -0.25) is 4.68 Å². The lowest BCUT2D eigenvalue weighted by Gasteiger charge is -2.17. The summed E-state index contributed by atoms with van der Waals surface area (Å²) in [4.78, 5) is 1.27. The summed E-state index contributed by atoms with van der Waals surface area (Å²) < 4.78 is 3.20. The number of thioether (sulfide) groups is 1. The summed E-state index contributed by atoms with van der Waals surface area (Å²) in [5.41, 5.74) is 1.24. The Kier molecular flexibility index (Phi) is 5.48. The maximum atomic E-state index is 4.33. The maximum Gasteiger partial charge on any atom is 0.0584 e. The number of aromatic nitrogens is 2. The van der Waals surface area contributed by atoms with Crippen LogP contribution in [0.3, 0.4) is 0 Å². The van der Waals surface area contributed by atoms with Gasteiger partial charge in [0, 0.05) is 27.9 Å². The van der Waals surface area contributed by atoms with Gasteiger partial charge in [-0.05, 0) is 48.1 Å². The molecule has 1 atom stereocenters. The lowest BCUT2D eigenvalue weighted by molar-refractivity contribution is 0.549. The van der Waals surface area contributed by atoms with E-state index in [1.54, 1.807) is 0 Å². The van der Waals surface area contributed by atoms with Crippen molar-refractivity contribution in [1.29, 1.82) is 0 Å². The van der Waals surface area contributed by atoms with Crippen LogP contribution >= 0.6 is 27.7 Å². The number of hydrogen-bond donors (Lipinski definition) is 1. The summed E-state index contributed by atoms with van der Waals surface area (Å²) >= 11 is 5.43. The molecule has 5 heteroatoms. The predicted octanol–water partition coefficient (Wildman–Crippen LogP) is 3.72. The maximum absolute atomic E-state index is 4.33. The molecular weight excluding hydrogens is 322 g/mol. The van der Waals surface area contributed by atoms with Crippen molar-refractivity contribution >= 4 is 27.7 Å². The molecule has 0 aliphatic heterocycles. The van der Waals surface area contributed by atoms with Gasteiger partial charge in [0.2, 0.25) is 0 Å². The topological polar surface area (TPSA) is 29.9 Å². The lowest BCUT2D eigenvalue weighted by Crippen LogP contribution is -2.22. The molecule has 1 aromatic carbocycles. The largest absolute Gasteiger partial charge is 0.311 e. The van der Waals surface area contributed by atoms with E-state index < -0.39 is 0 Å². The van der Waals surface area contributed by atoms with Crippen molar-refractivity contribution in [3.8, 4) is 0 Å². The van der Waals surface area contributed by atoms with E-state index >= 15 is 0 Å². The molecule has 0 fully saturated rings. The molecule has 2 aromatic rings. The number of hydrogen-bond acceptors (Lipinski definition) is 3. The van der Waals surface area contributed by atoms with Crippen molar-refractivity contribution in [2.45, 2.75) is 24.4 Å². The zero-order valence-electron chi connectivity index (χ0n) is 11.1. The summed E-state index contributed by atoms with van der Waals surface area (Å²) in [5.74, 6) is 0.977. The number of rotatable bonds is 6. The number of aryl methyl sites for hydroxylation is 1. The molecule has 0 bridgehead atoms. The lowest BCUT2D eigenvalue weighted by atomic mass is 10.2. The van der Waals surface area contributed by atoms with Crippen molar-refractivity contribution < 1.29 is 0 Å². The van der Waals surface area contributed by atoms with Gasteiger partial charge in [0.25, 0.3) is 0 Å². The second kappa shape index (κ2) is 7.12. The SMILES string of the molecule is CCn1nccc1C(CSc1ccccc1Br)NC. The van der Waals surface area contributed by atoms with Crippen molar-refractivity contribution in [2.24, 2.45) is 0 Å². The summed E-state index contributed by atoms with van der Waals surface area (Å²) in [5, 5.41) is 7.71. The molecule has 0 radical (unpaired) electrons. The first-order valence-corrected chi connectivity index (χ1v) is 8.10. The van der Waals surface area contributed by atoms with E-state index in [2.05, 4.69) is 57.5 Å². The van der Waals surface area contributed by atoms with Crippen LogP contribution in [0.25, 0.3) is 0 Å². The molecule has 0 aliphatic rings. The van der Waals surface area contributed by atoms with Gasteiger partial charge < -0.3 is 5.32 Å². The van der Waals surface area contributed by atoms with Gasteiger partial charge in [-0.15, -0.1) is 11.8 Å². The highest BCUT2D eigenvalue weighted by atomic mass is 79.9. The van der Waals surface area contributed by atoms with Gasteiger partial charge in [-0.2, -0.15) is 5.10 Å². The minimum absolute atomic E-state index is 0.305. The van der Waals surface area contributed by atoms with Crippen molar-refractivity contribution in [3.63, 3.8) is 0 Å². The molecule has 0 saturated carbocycles. The van der Waals surface area contributed by atoms with Crippen LogP contribution < -0.4 is 5.32 Å². The fourth-order valence-electron chi connectivity index (χ4n) is 1.95. The van der Waals surface area contributed by atoms with Crippen molar-refractivity contribution in [1.82, 2.24) is 15.1 Å². The number of nitrogens with zero attached hydrogens (tertiary/aromatic N) is 2. The number of benzene rings is 1. The van der Waals surface area contributed by atoms with Gasteiger partial charge in [0.15, 0.2) is 0 Å². The second-order valence-corrected chi connectivity index (χ2v) is 6.07. The van der Waals surface area contributed by atoms with Crippen LogP contribution in [0.5, 0.6) is 0 Å². The Hall–Kier alpha value is -0.780. The van der Waals surface area contributed by atoms with Crippen molar-refractivity contribution in [3.05, 3.63) is 46.7 Å². The first kappa shape index (κ1) is 14.6. The van der Waals surface area contributed by atoms with E-state index in [-0.39, 0.29) is 0 Å². The van der Waals surface area contributed by atoms with Crippen LogP contribution in [0.15, 0.2) is 45.9 Å². The van der Waals surface area contributed by atoms with Gasteiger partial charge in [0.1, 0.15) is 0 Å². The third-order valence-electron chi connectivity index (χ3n) is 3.00. The Labute approximate surface area is 126 Å². The molecule has 3 nitrogen and oxygen atoms in total. The average molecular weight is 340 g/mol. The molecular formula is C14H18BrN3S. The minimum atomic E-state index is 0.305.